The summed E-state index contributed by atoms with van der Waals surface area (Å²) >= 11 is 3.45. The highest BCUT2D eigenvalue weighted by molar-refractivity contribution is 9.10. The van der Waals surface area contributed by atoms with E-state index in [1.807, 2.05) is 0 Å². The monoisotopic (exact) mass is 358 g/mol. The third kappa shape index (κ3) is 3.40. The first-order valence-electron chi connectivity index (χ1n) is 7.11. The summed E-state index contributed by atoms with van der Waals surface area (Å²) in [5, 5.41) is 15.7. The maximum absolute atomic E-state index is 8.93. The molecule has 1 aliphatic heterocycles. The van der Waals surface area contributed by atoms with Crippen LogP contribution in [0.2, 0.25) is 0 Å². The van der Waals surface area contributed by atoms with Crippen molar-refractivity contribution in [3.05, 3.63) is 34.8 Å². The fraction of sp³-hybridized carbons (Fsp3) is 0.333. The van der Waals surface area contributed by atoms with Crippen LogP contribution in [-0.2, 0) is 0 Å². The lowest BCUT2D eigenvalue weighted by Crippen LogP contribution is -2.29. The zero-order valence-corrected chi connectivity index (χ0v) is 13.5. The first-order valence-corrected chi connectivity index (χ1v) is 7.91. The number of hydrogen-bond acceptors (Lipinski definition) is 6. The molecule has 2 aromatic rings. The van der Waals surface area contributed by atoms with Gasteiger partial charge in [-0.1, -0.05) is 0 Å². The van der Waals surface area contributed by atoms with E-state index in [1.165, 1.54) is 19.0 Å². The molecule has 0 radical (unpaired) electrons. The molecule has 0 aromatic carbocycles. The van der Waals surface area contributed by atoms with Crippen LogP contribution in [0.1, 0.15) is 18.4 Å². The number of anilines is 1. The number of hydrogen-bond donors (Lipinski definition) is 2. The van der Waals surface area contributed by atoms with Crippen molar-refractivity contribution in [1.29, 1.82) is 5.26 Å². The third-order valence-corrected chi connectivity index (χ3v) is 4.12. The number of nitrogens with zero attached hydrogens (tertiary/aromatic N) is 4. The van der Waals surface area contributed by atoms with Crippen LogP contribution in [0.3, 0.4) is 0 Å². The molecule has 7 heteroatoms. The molecule has 1 aliphatic rings. The van der Waals surface area contributed by atoms with E-state index in [0.29, 0.717) is 21.9 Å². The molecule has 3 rings (SSSR count). The van der Waals surface area contributed by atoms with Crippen LogP contribution in [-0.4, -0.2) is 34.1 Å². The highest BCUT2D eigenvalue weighted by atomic mass is 79.9. The average Bonchev–Trinajstić information content (AvgIpc) is 3.07. The van der Waals surface area contributed by atoms with Gasteiger partial charge in [-0.05, 0) is 41.4 Å². The Labute approximate surface area is 137 Å². The molecule has 2 aromatic heterocycles. The predicted molar refractivity (Wildman–Crippen MR) is 87.2 cm³/mol. The van der Waals surface area contributed by atoms with Gasteiger partial charge < -0.3 is 10.6 Å². The van der Waals surface area contributed by atoms with Crippen molar-refractivity contribution >= 4 is 21.7 Å². The minimum atomic E-state index is 0.491. The van der Waals surface area contributed by atoms with Crippen LogP contribution in [0.15, 0.2) is 29.3 Å². The number of pyridine rings is 1. The van der Waals surface area contributed by atoms with Crippen LogP contribution >= 0.6 is 15.9 Å². The number of halogens is 1. The lowest BCUT2D eigenvalue weighted by Gasteiger charge is -2.13. The summed E-state index contributed by atoms with van der Waals surface area (Å²) in [7, 11) is 0. The molecular formula is C15H15BrN6. The van der Waals surface area contributed by atoms with Gasteiger partial charge in [0.2, 0.25) is 0 Å². The Morgan fingerprint density at radius 1 is 1.41 bits per heavy atom. The standard InChI is InChI=1S/C15H15BrN6/c16-14-15(20-8-12-2-1-3-19-12)21-9-13(22-14)11-4-10(5-17)6-18-7-11/h4,6-7,9,12,19H,1-3,8H2,(H,20,21)/t12-/m0/s1. The van der Waals surface area contributed by atoms with E-state index in [2.05, 4.69) is 47.6 Å². The van der Waals surface area contributed by atoms with Gasteiger partial charge in [0.05, 0.1) is 17.5 Å². The number of aromatic nitrogens is 3. The maximum Gasteiger partial charge on any atom is 0.159 e. The predicted octanol–water partition coefficient (Wildman–Crippen LogP) is 2.34. The Hall–Kier alpha value is -2.04. The molecule has 22 heavy (non-hydrogen) atoms. The summed E-state index contributed by atoms with van der Waals surface area (Å²) in [5.41, 5.74) is 1.96. The van der Waals surface area contributed by atoms with E-state index in [1.54, 1.807) is 18.5 Å². The van der Waals surface area contributed by atoms with Crippen molar-refractivity contribution in [2.24, 2.45) is 0 Å². The first-order chi connectivity index (χ1) is 10.8. The second-order valence-electron chi connectivity index (χ2n) is 5.14. The van der Waals surface area contributed by atoms with Gasteiger partial charge in [-0.2, -0.15) is 5.26 Å². The van der Waals surface area contributed by atoms with Crippen LogP contribution in [0.4, 0.5) is 5.82 Å². The van der Waals surface area contributed by atoms with Gasteiger partial charge in [0.15, 0.2) is 5.82 Å². The van der Waals surface area contributed by atoms with Gasteiger partial charge in [-0.25, -0.2) is 9.97 Å². The van der Waals surface area contributed by atoms with Gasteiger partial charge >= 0.3 is 0 Å². The molecule has 0 amide bonds. The fourth-order valence-electron chi connectivity index (χ4n) is 2.42. The molecule has 3 heterocycles. The Bertz CT molecular complexity index is 705. The van der Waals surface area contributed by atoms with Crippen LogP contribution in [0.5, 0.6) is 0 Å². The van der Waals surface area contributed by atoms with E-state index >= 15 is 0 Å². The van der Waals surface area contributed by atoms with Crippen LogP contribution < -0.4 is 10.6 Å². The molecule has 112 valence electrons. The van der Waals surface area contributed by atoms with E-state index in [-0.39, 0.29) is 0 Å². The van der Waals surface area contributed by atoms with Gasteiger partial charge in [-0.3, -0.25) is 4.98 Å². The molecule has 0 spiro atoms. The molecule has 1 saturated heterocycles. The van der Waals surface area contributed by atoms with Crippen molar-refractivity contribution in [3.8, 4) is 17.3 Å². The summed E-state index contributed by atoms with van der Waals surface area (Å²) in [6, 6.07) is 4.31. The van der Waals surface area contributed by atoms with Crippen molar-refractivity contribution in [3.63, 3.8) is 0 Å². The normalized spacial score (nSPS) is 17.2. The summed E-state index contributed by atoms with van der Waals surface area (Å²) in [6.07, 6.45) is 7.29. The molecule has 0 unspecified atom stereocenters. The van der Waals surface area contributed by atoms with Crippen molar-refractivity contribution < 1.29 is 0 Å². The van der Waals surface area contributed by atoms with E-state index in [4.69, 9.17) is 5.26 Å². The summed E-state index contributed by atoms with van der Waals surface area (Å²) in [5.74, 6) is 0.724. The lowest BCUT2D eigenvalue weighted by molar-refractivity contribution is 0.632. The van der Waals surface area contributed by atoms with E-state index in [9.17, 15) is 0 Å². The van der Waals surface area contributed by atoms with Gasteiger partial charge in [0, 0.05) is 30.5 Å². The average molecular weight is 359 g/mol. The second-order valence-corrected chi connectivity index (χ2v) is 5.89. The van der Waals surface area contributed by atoms with Crippen molar-refractivity contribution in [2.75, 3.05) is 18.4 Å². The maximum atomic E-state index is 8.93. The summed E-state index contributed by atoms with van der Waals surface area (Å²) < 4.78 is 0.658. The molecule has 1 fully saturated rings. The van der Waals surface area contributed by atoms with Gasteiger partial charge in [-0.15, -0.1) is 0 Å². The van der Waals surface area contributed by atoms with E-state index in [0.717, 1.165) is 24.5 Å². The minimum absolute atomic E-state index is 0.491. The molecular weight excluding hydrogens is 344 g/mol. The minimum Gasteiger partial charge on any atom is -0.366 e. The Balaban J connectivity index is 1.75. The molecule has 0 aliphatic carbocycles. The zero-order valence-electron chi connectivity index (χ0n) is 11.9. The van der Waals surface area contributed by atoms with Crippen LogP contribution in [0, 0.1) is 11.3 Å². The first kappa shape index (κ1) is 14.9. The quantitative estimate of drug-likeness (QED) is 0.872. The van der Waals surface area contributed by atoms with Gasteiger partial charge in [0.25, 0.3) is 0 Å². The summed E-state index contributed by atoms with van der Waals surface area (Å²) in [6.45, 7) is 1.92. The fourth-order valence-corrected chi connectivity index (χ4v) is 2.85. The van der Waals surface area contributed by atoms with Crippen molar-refractivity contribution in [2.45, 2.75) is 18.9 Å². The molecule has 1 atom stereocenters. The molecule has 2 N–H and O–H groups in total. The number of rotatable bonds is 4. The largest absolute Gasteiger partial charge is 0.366 e. The van der Waals surface area contributed by atoms with E-state index < -0.39 is 0 Å². The Morgan fingerprint density at radius 3 is 3.05 bits per heavy atom. The van der Waals surface area contributed by atoms with Gasteiger partial charge in [0.1, 0.15) is 10.7 Å². The molecule has 0 saturated carbocycles. The Kier molecular flexibility index (Phi) is 4.61. The molecule has 6 nitrogen and oxygen atoms in total. The Morgan fingerprint density at radius 2 is 2.32 bits per heavy atom. The highest BCUT2D eigenvalue weighted by Gasteiger charge is 2.15. The van der Waals surface area contributed by atoms with Crippen LogP contribution in [0.25, 0.3) is 11.3 Å². The topological polar surface area (TPSA) is 86.5 Å². The smallest absolute Gasteiger partial charge is 0.159 e. The summed E-state index contributed by atoms with van der Waals surface area (Å²) in [4.78, 5) is 12.9. The SMILES string of the molecule is N#Cc1cncc(-c2cnc(NC[C@@H]3CCCN3)c(Br)n2)c1. The van der Waals surface area contributed by atoms with Crippen molar-refractivity contribution in [1.82, 2.24) is 20.3 Å². The zero-order chi connectivity index (χ0) is 15.4. The third-order valence-electron chi connectivity index (χ3n) is 3.57. The molecule has 0 bridgehead atoms. The number of nitriles is 1. The lowest BCUT2D eigenvalue weighted by atomic mass is 10.2. The number of nitrogens with one attached hydrogen (secondary N) is 2. The second kappa shape index (κ2) is 6.81. The highest BCUT2D eigenvalue weighted by Crippen LogP contribution is 2.23.